The maximum atomic E-state index is 12.6. The molecule has 6 nitrogen and oxygen atoms in total. The zero-order valence-electron chi connectivity index (χ0n) is 18.4. The molecule has 0 bridgehead atoms. The number of amides is 1. The predicted octanol–water partition coefficient (Wildman–Crippen LogP) is 5.21. The Bertz CT molecular complexity index is 1210. The molecule has 1 fully saturated rings. The molecule has 1 aliphatic rings. The molecule has 5 rings (SSSR count). The lowest BCUT2D eigenvalue weighted by Crippen LogP contribution is -2.49. The number of carbonyl (C=O) groups excluding carboxylic acids is 1. The summed E-state index contributed by atoms with van der Waals surface area (Å²) in [5, 5.41) is 1.21. The fourth-order valence-electron chi connectivity index (χ4n) is 4.18. The summed E-state index contributed by atoms with van der Waals surface area (Å²) in [7, 11) is 0. The zero-order chi connectivity index (χ0) is 22.5. The van der Waals surface area contributed by atoms with Gasteiger partial charge in [-0.05, 0) is 41.5 Å². The lowest BCUT2D eigenvalue weighted by atomic mass is 10.2. The minimum absolute atomic E-state index is 0.226. The summed E-state index contributed by atoms with van der Waals surface area (Å²) >= 11 is 0. The number of nitrogens with one attached hydrogen (secondary N) is 1. The molecule has 1 saturated heterocycles. The van der Waals surface area contributed by atoms with E-state index in [4.69, 9.17) is 9.47 Å². The molecule has 6 heteroatoms. The van der Waals surface area contributed by atoms with Gasteiger partial charge in [-0.15, -0.1) is 0 Å². The molecule has 1 aliphatic heterocycles. The van der Waals surface area contributed by atoms with E-state index in [1.807, 2.05) is 60.8 Å². The number of carbonyl (C=O) groups is 1. The normalized spacial score (nSPS) is 13.8. The number of benzene rings is 3. The van der Waals surface area contributed by atoms with Crippen molar-refractivity contribution in [2.75, 3.05) is 31.1 Å². The SMILES string of the molecule is O=C(OCc1cccc(OCc2ccccc2)c1)N1CCN(c2cccc3[nH]ccc23)CC1. The molecular formula is C27H27N3O3. The Labute approximate surface area is 193 Å². The van der Waals surface area contributed by atoms with Crippen molar-refractivity contribution in [1.82, 2.24) is 9.88 Å². The van der Waals surface area contributed by atoms with Gasteiger partial charge in [0.2, 0.25) is 0 Å². The number of rotatable bonds is 6. The topological polar surface area (TPSA) is 57.8 Å². The highest BCUT2D eigenvalue weighted by Crippen LogP contribution is 2.27. The van der Waals surface area contributed by atoms with Crippen LogP contribution in [0.4, 0.5) is 10.5 Å². The molecule has 0 saturated carbocycles. The first-order valence-electron chi connectivity index (χ1n) is 11.2. The van der Waals surface area contributed by atoms with E-state index in [9.17, 15) is 4.79 Å². The Hall–Kier alpha value is -3.93. The number of hydrogen-bond acceptors (Lipinski definition) is 4. The fraction of sp³-hybridized carbons (Fsp3) is 0.222. The number of H-pyrrole nitrogens is 1. The van der Waals surface area contributed by atoms with E-state index in [1.54, 1.807) is 4.90 Å². The molecule has 0 radical (unpaired) electrons. The van der Waals surface area contributed by atoms with Gasteiger partial charge in [0.15, 0.2) is 0 Å². The van der Waals surface area contributed by atoms with Crippen molar-refractivity contribution in [3.8, 4) is 5.75 Å². The molecule has 168 valence electrons. The monoisotopic (exact) mass is 441 g/mol. The summed E-state index contributed by atoms with van der Waals surface area (Å²) in [6.45, 7) is 3.57. The summed E-state index contributed by atoms with van der Waals surface area (Å²) < 4.78 is 11.5. The van der Waals surface area contributed by atoms with Crippen molar-refractivity contribution in [3.05, 3.63) is 96.2 Å². The molecule has 0 atom stereocenters. The highest BCUT2D eigenvalue weighted by atomic mass is 16.6. The summed E-state index contributed by atoms with van der Waals surface area (Å²) in [5.74, 6) is 0.764. The van der Waals surface area contributed by atoms with Crippen LogP contribution < -0.4 is 9.64 Å². The van der Waals surface area contributed by atoms with Gasteiger partial charge in [-0.25, -0.2) is 4.79 Å². The van der Waals surface area contributed by atoms with Crippen molar-refractivity contribution in [1.29, 1.82) is 0 Å². The average Bonchev–Trinajstić information content (AvgIpc) is 3.36. The quantitative estimate of drug-likeness (QED) is 0.447. The smallest absolute Gasteiger partial charge is 0.410 e. The average molecular weight is 442 g/mol. The number of anilines is 1. The third-order valence-electron chi connectivity index (χ3n) is 5.96. The summed E-state index contributed by atoms with van der Waals surface area (Å²) in [6.07, 6.45) is 1.69. The van der Waals surface area contributed by atoms with Gasteiger partial charge in [0.25, 0.3) is 0 Å². The number of fused-ring (bicyclic) bond motifs is 1. The largest absolute Gasteiger partial charge is 0.489 e. The molecule has 0 spiro atoms. The zero-order valence-corrected chi connectivity index (χ0v) is 18.4. The molecule has 3 aromatic carbocycles. The third-order valence-corrected chi connectivity index (χ3v) is 5.96. The predicted molar refractivity (Wildman–Crippen MR) is 129 cm³/mol. The van der Waals surface area contributed by atoms with E-state index in [0.29, 0.717) is 19.7 Å². The second-order valence-corrected chi connectivity index (χ2v) is 8.17. The van der Waals surface area contributed by atoms with Gasteiger partial charge < -0.3 is 24.3 Å². The third kappa shape index (κ3) is 4.95. The van der Waals surface area contributed by atoms with Crippen molar-refractivity contribution < 1.29 is 14.3 Å². The maximum absolute atomic E-state index is 12.6. The lowest BCUT2D eigenvalue weighted by Gasteiger charge is -2.35. The van der Waals surface area contributed by atoms with Crippen LogP contribution in [0.1, 0.15) is 11.1 Å². The lowest BCUT2D eigenvalue weighted by molar-refractivity contribution is 0.0941. The van der Waals surface area contributed by atoms with Gasteiger partial charge in [0.1, 0.15) is 19.0 Å². The van der Waals surface area contributed by atoms with E-state index in [0.717, 1.165) is 35.5 Å². The molecule has 2 heterocycles. The summed E-state index contributed by atoms with van der Waals surface area (Å²) in [6, 6.07) is 26.1. The van der Waals surface area contributed by atoms with E-state index in [-0.39, 0.29) is 12.7 Å². The fourth-order valence-corrected chi connectivity index (χ4v) is 4.18. The molecule has 4 aromatic rings. The van der Waals surface area contributed by atoms with Gasteiger partial charge in [0.05, 0.1) is 0 Å². The Morgan fingerprint density at radius 1 is 0.818 bits per heavy atom. The number of hydrogen-bond donors (Lipinski definition) is 1. The van der Waals surface area contributed by atoms with E-state index >= 15 is 0 Å². The number of piperazine rings is 1. The van der Waals surface area contributed by atoms with Crippen LogP contribution in [0.25, 0.3) is 10.9 Å². The van der Waals surface area contributed by atoms with Gasteiger partial charge >= 0.3 is 6.09 Å². The van der Waals surface area contributed by atoms with Crippen molar-refractivity contribution >= 4 is 22.7 Å². The van der Waals surface area contributed by atoms with Crippen molar-refractivity contribution in [3.63, 3.8) is 0 Å². The standard InChI is InChI=1S/C27H27N3O3/c31-27(30-16-14-29(15-17-30)26-11-5-10-25-24(26)12-13-28-25)33-20-22-8-4-9-23(18-22)32-19-21-6-2-1-3-7-21/h1-13,18,28H,14-17,19-20H2. The van der Waals surface area contributed by atoms with Crippen LogP contribution in [0.2, 0.25) is 0 Å². The van der Waals surface area contributed by atoms with Crippen LogP contribution in [-0.4, -0.2) is 42.2 Å². The molecule has 1 aromatic heterocycles. The van der Waals surface area contributed by atoms with Gasteiger partial charge in [0, 0.05) is 49.0 Å². The first-order valence-corrected chi connectivity index (χ1v) is 11.2. The van der Waals surface area contributed by atoms with Crippen molar-refractivity contribution in [2.24, 2.45) is 0 Å². The second kappa shape index (κ2) is 9.69. The van der Waals surface area contributed by atoms with Gasteiger partial charge in [-0.3, -0.25) is 0 Å². The number of aromatic nitrogens is 1. The van der Waals surface area contributed by atoms with E-state index in [1.165, 1.54) is 11.1 Å². The molecule has 0 aliphatic carbocycles. The molecule has 0 unspecified atom stereocenters. The number of nitrogens with zero attached hydrogens (tertiary/aromatic N) is 2. The van der Waals surface area contributed by atoms with Crippen LogP contribution in [-0.2, 0) is 18.0 Å². The van der Waals surface area contributed by atoms with Crippen LogP contribution in [0.5, 0.6) is 5.75 Å². The van der Waals surface area contributed by atoms with Crippen LogP contribution in [0.3, 0.4) is 0 Å². The van der Waals surface area contributed by atoms with E-state index in [2.05, 4.69) is 34.1 Å². The maximum Gasteiger partial charge on any atom is 0.410 e. The molecule has 1 N–H and O–H groups in total. The molecule has 33 heavy (non-hydrogen) atoms. The highest BCUT2D eigenvalue weighted by Gasteiger charge is 2.23. The molecular weight excluding hydrogens is 414 g/mol. The van der Waals surface area contributed by atoms with Crippen LogP contribution >= 0.6 is 0 Å². The van der Waals surface area contributed by atoms with Gasteiger partial charge in [-0.1, -0.05) is 48.5 Å². The number of ether oxygens (including phenoxy) is 2. The summed E-state index contributed by atoms with van der Waals surface area (Å²) in [4.78, 5) is 20.0. The minimum atomic E-state index is -0.273. The summed E-state index contributed by atoms with van der Waals surface area (Å²) in [5.41, 5.74) is 4.35. The first-order chi connectivity index (χ1) is 16.3. The minimum Gasteiger partial charge on any atom is -0.489 e. The number of aromatic amines is 1. The Morgan fingerprint density at radius 3 is 2.45 bits per heavy atom. The highest BCUT2D eigenvalue weighted by molar-refractivity contribution is 5.92. The van der Waals surface area contributed by atoms with E-state index < -0.39 is 0 Å². The first kappa shape index (κ1) is 20.9. The van der Waals surface area contributed by atoms with Crippen molar-refractivity contribution in [2.45, 2.75) is 13.2 Å². The Balaban J connectivity index is 1.12. The Morgan fingerprint density at radius 2 is 1.61 bits per heavy atom. The molecule has 1 amide bonds. The van der Waals surface area contributed by atoms with Crippen LogP contribution in [0, 0.1) is 0 Å². The van der Waals surface area contributed by atoms with Crippen LogP contribution in [0.15, 0.2) is 85.1 Å². The Kier molecular flexibility index (Phi) is 6.15. The van der Waals surface area contributed by atoms with Gasteiger partial charge in [-0.2, -0.15) is 0 Å². The second-order valence-electron chi connectivity index (χ2n) is 8.17.